The van der Waals surface area contributed by atoms with E-state index in [4.69, 9.17) is 18.0 Å². The standard InChI is InChI=1S/C13H20N4S/c1-9-5-3-4-6-10(9)17(2)13-11(12(14)18)15-7-8-16-13/h7-10H,3-6H2,1-2H3,(H2,14,18). The van der Waals surface area contributed by atoms with Gasteiger partial charge in [-0.1, -0.05) is 32.0 Å². The normalized spacial score (nSPS) is 23.7. The van der Waals surface area contributed by atoms with Crippen LogP contribution in [0.15, 0.2) is 12.4 Å². The van der Waals surface area contributed by atoms with E-state index in [0.717, 1.165) is 5.82 Å². The number of anilines is 1. The minimum absolute atomic E-state index is 0.313. The minimum Gasteiger partial charge on any atom is -0.388 e. The van der Waals surface area contributed by atoms with E-state index in [0.29, 0.717) is 22.6 Å². The lowest BCUT2D eigenvalue weighted by atomic mass is 9.85. The van der Waals surface area contributed by atoms with Crippen molar-refractivity contribution < 1.29 is 0 Å². The second-order valence-corrected chi connectivity index (χ2v) is 5.47. The van der Waals surface area contributed by atoms with Crippen molar-refractivity contribution in [1.82, 2.24) is 9.97 Å². The van der Waals surface area contributed by atoms with Gasteiger partial charge in [0.1, 0.15) is 10.7 Å². The predicted molar refractivity (Wildman–Crippen MR) is 77.7 cm³/mol. The lowest BCUT2D eigenvalue weighted by Crippen LogP contribution is -2.40. The van der Waals surface area contributed by atoms with Crippen molar-refractivity contribution in [1.29, 1.82) is 0 Å². The molecule has 1 fully saturated rings. The van der Waals surface area contributed by atoms with Crippen molar-refractivity contribution in [2.75, 3.05) is 11.9 Å². The Morgan fingerprint density at radius 3 is 2.67 bits per heavy atom. The molecule has 2 atom stereocenters. The molecule has 0 aliphatic heterocycles. The molecule has 0 saturated heterocycles. The maximum absolute atomic E-state index is 5.72. The average molecular weight is 264 g/mol. The summed E-state index contributed by atoms with van der Waals surface area (Å²) in [6.45, 7) is 2.30. The van der Waals surface area contributed by atoms with E-state index in [9.17, 15) is 0 Å². The topological polar surface area (TPSA) is 55.0 Å². The molecule has 0 amide bonds. The maximum Gasteiger partial charge on any atom is 0.157 e. The van der Waals surface area contributed by atoms with E-state index >= 15 is 0 Å². The smallest absolute Gasteiger partial charge is 0.157 e. The molecule has 5 heteroatoms. The van der Waals surface area contributed by atoms with Crippen LogP contribution < -0.4 is 10.6 Å². The molecule has 2 N–H and O–H groups in total. The molecule has 1 aliphatic carbocycles. The molecule has 1 aromatic heterocycles. The Morgan fingerprint density at radius 1 is 1.33 bits per heavy atom. The van der Waals surface area contributed by atoms with Gasteiger partial charge in [-0.3, -0.25) is 0 Å². The fourth-order valence-electron chi connectivity index (χ4n) is 2.79. The molecule has 0 aromatic carbocycles. The summed E-state index contributed by atoms with van der Waals surface area (Å²) in [5, 5.41) is 0. The number of hydrogen-bond acceptors (Lipinski definition) is 4. The van der Waals surface area contributed by atoms with E-state index in [-0.39, 0.29) is 0 Å². The first-order valence-corrected chi connectivity index (χ1v) is 6.85. The number of thiocarbonyl (C=S) groups is 1. The van der Waals surface area contributed by atoms with Crippen LogP contribution >= 0.6 is 12.2 Å². The Labute approximate surface area is 114 Å². The first-order chi connectivity index (χ1) is 8.61. The molecule has 2 unspecified atom stereocenters. The highest BCUT2D eigenvalue weighted by Gasteiger charge is 2.27. The minimum atomic E-state index is 0.313. The third-order valence-corrected chi connectivity index (χ3v) is 4.00. The van der Waals surface area contributed by atoms with Crippen molar-refractivity contribution in [2.24, 2.45) is 11.7 Å². The van der Waals surface area contributed by atoms with Crippen LogP contribution in [0.3, 0.4) is 0 Å². The zero-order chi connectivity index (χ0) is 13.1. The zero-order valence-corrected chi connectivity index (χ0v) is 11.8. The number of hydrogen-bond donors (Lipinski definition) is 1. The average Bonchev–Trinajstić information content (AvgIpc) is 2.38. The van der Waals surface area contributed by atoms with Crippen LogP contribution in [0, 0.1) is 5.92 Å². The lowest BCUT2D eigenvalue weighted by molar-refractivity contribution is 0.320. The van der Waals surface area contributed by atoms with Crippen LogP contribution in [-0.4, -0.2) is 28.0 Å². The van der Waals surface area contributed by atoms with Crippen LogP contribution in [0.4, 0.5) is 5.82 Å². The highest BCUT2D eigenvalue weighted by Crippen LogP contribution is 2.30. The summed E-state index contributed by atoms with van der Waals surface area (Å²) in [4.78, 5) is 11.2. The highest BCUT2D eigenvalue weighted by molar-refractivity contribution is 7.80. The van der Waals surface area contributed by atoms with Gasteiger partial charge in [0, 0.05) is 25.5 Å². The number of nitrogens with zero attached hydrogens (tertiary/aromatic N) is 3. The van der Waals surface area contributed by atoms with Crippen molar-refractivity contribution in [3.8, 4) is 0 Å². The largest absolute Gasteiger partial charge is 0.388 e. The Hall–Kier alpha value is -1.23. The second-order valence-electron chi connectivity index (χ2n) is 5.03. The van der Waals surface area contributed by atoms with Crippen molar-refractivity contribution in [2.45, 2.75) is 38.6 Å². The summed E-state index contributed by atoms with van der Waals surface area (Å²) in [5.41, 5.74) is 6.35. The van der Waals surface area contributed by atoms with Gasteiger partial charge < -0.3 is 10.6 Å². The number of rotatable bonds is 3. The van der Waals surface area contributed by atoms with Gasteiger partial charge in [0.05, 0.1) is 0 Å². The Morgan fingerprint density at radius 2 is 2.00 bits per heavy atom. The summed E-state index contributed by atoms with van der Waals surface area (Å²) in [7, 11) is 2.07. The van der Waals surface area contributed by atoms with Crippen molar-refractivity contribution >= 4 is 23.0 Å². The molecule has 18 heavy (non-hydrogen) atoms. The molecule has 98 valence electrons. The first kappa shape index (κ1) is 13.2. The van der Waals surface area contributed by atoms with E-state index in [2.05, 4.69) is 28.8 Å². The molecular formula is C13H20N4S. The van der Waals surface area contributed by atoms with E-state index in [1.807, 2.05) is 0 Å². The van der Waals surface area contributed by atoms with Crippen LogP contribution in [0.1, 0.15) is 38.3 Å². The van der Waals surface area contributed by atoms with Crippen LogP contribution in [-0.2, 0) is 0 Å². The Kier molecular flexibility index (Phi) is 4.11. The molecule has 4 nitrogen and oxygen atoms in total. The van der Waals surface area contributed by atoms with Crippen LogP contribution in [0.25, 0.3) is 0 Å². The summed E-state index contributed by atoms with van der Waals surface area (Å²) < 4.78 is 0. The molecule has 1 saturated carbocycles. The Bertz CT molecular complexity index is 435. The zero-order valence-electron chi connectivity index (χ0n) is 11.0. The molecule has 1 aliphatic rings. The van der Waals surface area contributed by atoms with E-state index in [1.165, 1.54) is 25.7 Å². The van der Waals surface area contributed by atoms with Gasteiger partial charge in [0.25, 0.3) is 0 Å². The summed E-state index contributed by atoms with van der Waals surface area (Å²) in [6, 6.07) is 0.503. The lowest BCUT2D eigenvalue weighted by Gasteiger charge is -2.37. The van der Waals surface area contributed by atoms with E-state index in [1.54, 1.807) is 12.4 Å². The molecule has 1 heterocycles. The van der Waals surface area contributed by atoms with Crippen molar-refractivity contribution in [3.05, 3.63) is 18.1 Å². The van der Waals surface area contributed by atoms with Gasteiger partial charge in [-0.2, -0.15) is 0 Å². The third-order valence-electron chi connectivity index (χ3n) is 3.81. The molecule has 1 aromatic rings. The van der Waals surface area contributed by atoms with Gasteiger partial charge in [-0.25, -0.2) is 9.97 Å². The van der Waals surface area contributed by atoms with E-state index < -0.39 is 0 Å². The number of nitrogens with two attached hydrogens (primary N) is 1. The summed E-state index contributed by atoms with van der Waals surface area (Å²) >= 11 is 5.05. The van der Waals surface area contributed by atoms with Gasteiger partial charge in [0.15, 0.2) is 5.82 Å². The Balaban J connectivity index is 2.27. The van der Waals surface area contributed by atoms with Crippen molar-refractivity contribution in [3.63, 3.8) is 0 Å². The fraction of sp³-hybridized carbons (Fsp3) is 0.615. The number of aromatic nitrogens is 2. The quantitative estimate of drug-likeness (QED) is 0.848. The maximum atomic E-state index is 5.72. The second kappa shape index (κ2) is 5.61. The molecule has 2 rings (SSSR count). The van der Waals surface area contributed by atoms with Gasteiger partial charge in [-0.15, -0.1) is 0 Å². The van der Waals surface area contributed by atoms with Gasteiger partial charge >= 0.3 is 0 Å². The summed E-state index contributed by atoms with van der Waals surface area (Å²) in [6.07, 6.45) is 8.41. The highest BCUT2D eigenvalue weighted by atomic mass is 32.1. The molecule has 0 bridgehead atoms. The monoisotopic (exact) mass is 264 g/mol. The molecule has 0 spiro atoms. The fourth-order valence-corrected chi connectivity index (χ4v) is 2.94. The SMILES string of the molecule is CC1CCCCC1N(C)c1nccnc1C(N)=S. The summed E-state index contributed by atoms with van der Waals surface area (Å²) in [5.74, 6) is 1.48. The predicted octanol–water partition coefficient (Wildman–Crippen LogP) is 2.13. The first-order valence-electron chi connectivity index (χ1n) is 6.45. The third kappa shape index (κ3) is 2.61. The van der Waals surface area contributed by atoms with Crippen LogP contribution in [0.5, 0.6) is 0 Å². The van der Waals surface area contributed by atoms with Crippen LogP contribution in [0.2, 0.25) is 0 Å². The van der Waals surface area contributed by atoms with Gasteiger partial charge in [0.2, 0.25) is 0 Å². The molecular weight excluding hydrogens is 244 g/mol. The van der Waals surface area contributed by atoms with Gasteiger partial charge in [-0.05, 0) is 18.8 Å². The molecule has 0 radical (unpaired) electrons.